The van der Waals surface area contributed by atoms with Crippen LogP contribution < -0.4 is 5.32 Å². The number of nitrogens with one attached hydrogen (secondary N) is 1. The Morgan fingerprint density at radius 2 is 2.37 bits per heavy atom. The summed E-state index contributed by atoms with van der Waals surface area (Å²) in [5.74, 6) is -1.10. The molecule has 2 amide bonds. The van der Waals surface area contributed by atoms with Crippen molar-refractivity contribution in [3.8, 4) is 0 Å². The highest BCUT2D eigenvalue weighted by atomic mass is 32.1. The lowest BCUT2D eigenvalue weighted by Crippen LogP contribution is -2.46. The summed E-state index contributed by atoms with van der Waals surface area (Å²) in [6, 6.07) is -1.76. The Labute approximate surface area is 113 Å². The number of rotatable bonds is 3. The average molecular weight is 285 g/mol. The van der Waals surface area contributed by atoms with Crippen molar-refractivity contribution in [1.29, 1.82) is 0 Å². The molecule has 1 aromatic heterocycles. The molecular weight excluding hydrogens is 270 g/mol. The summed E-state index contributed by atoms with van der Waals surface area (Å²) in [6.45, 7) is 1.81. The smallest absolute Gasteiger partial charge is 0.326 e. The highest BCUT2D eigenvalue weighted by Crippen LogP contribution is 2.20. The van der Waals surface area contributed by atoms with Crippen LogP contribution in [0.2, 0.25) is 0 Å². The molecule has 8 heteroatoms. The van der Waals surface area contributed by atoms with Crippen molar-refractivity contribution in [2.75, 3.05) is 6.54 Å². The quantitative estimate of drug-likeness (QED) is 0.747. The number of carboxylic acids is 1. The van der Waals surface area contributed by atoms with Crippen LogP contribution in [-0.4, -0.2) is 50.8 Å². The van der Waals surface area contributed by atoms with Crippen molar-refractivity contribution < 1.29 is 19.8 Å². The van der Waals surface area contributed by atoms with Gasteiger partial charge < -0.3 is 20.4 Å². The molecule has 0 saturated carbocycles. The van der Waals surface area contributed by atoms with Gasteiger partial charge in [-0.05, 0) is 6.92 Å². The molecule has 1 aliphatic heterocycles. The van der Waals surface area contributed by atoms with Gasteiger partial charge in [0.2, 0.25) is 0 Å². The number of carbonyl (C=O) groups excluding carboxylic acids is 1. The highest BCUT2D eigenvalue weighted by molar-refractivity contribution is 7.09. The topological polar surface area (TPSA) is 103 Å². The van der Waals surface area contributed by atoms with Gasteiger partial charge in [0.25, 0.3) is 0 Å². The van der Waals surface area contributed by atoms with Crippen molar-refractivity contribution in [1.82, 2.24) is 15.2 Å². The molecule has 3 atom stereocenters. The molecule has 2 rings (SSSR count). The first-order valence-corrected chi connectivity index (χ1v) is 6.74. The third kappa shape index (κ3) is 3.02. The van der Waals surface area contributed by atoms with Crippen LogP contribution in [0.25, 0.3) is 0 Å². The van der Waals surface area contributed by atoms with E-state index >= 15 is 0 Å². The molecule has 0 radical (unpaired) electrons. The molecule has 1 aromatic rings. The number of nitrogens with zero attached hydrogens (tertiary/aromatic N) is 2. The molecule has 0 spiro atoms. The van der Waals surface area contributed by atoms with Crippen molar-refractivity contribution >= 4 is 23.3 Å². The number of likely N-dealkylation sites (tertiary alicyclic amines) is 1. The minimum Gasteiger partial charge on any atom is -0.480 e. The maximum absolute atomic E-state index is 12.0. The molecule has 7 nitrogen and oxygen atoms in total. The van der Waals surface area contributed by atoms with Gasteiger partial charge in [-0.2, -0.15) is 0 Å². The molecule has 1 fully saturated rings. The number of β-amino-alcohol motifs (C(OH)–C–C–N with tert-alkyl or cyclic N) is 1. The Bertz CT molecular complexity index is 465. The lowest BCUT2D eigenvalue weighted by atomic mass is 10.2. The fourth-order valence-electron chi connectivity index (χ4n) is 2.05. The summed E-state index contributed by atoms with van der Waals surface area (Å²) in [5, 5.41) is 23.8. The van der Waals surface area contributed by atoms with Gasteiger partial charge in [0, 0.05) is 24.5 Å². The number of urea groups is 1. The number of hydrogen-bond donors (Lipinski definition) is 3. The normalized spacial score (nSPS) is 24.2. The van der Waals surface area contributed by atoms with Gasteiger partial charge in [0.05, 0.1) is 12.1 Å². The summed E-state index contributed by atoms with van der Waals surface area (Å²) in [6.07, 6.45) is 0.915. The molecule has 2 heterocycles. The number of aromatic nitrogens is 1. The van der Waals surface area contributed by atoms with Gasteiger partial charge in [0.1, 0.15) is 11.0 Å². The van der Waals surface area contributed by atoms with Crippen LogP contribution in [0.3, 0.4) is 0 Å². The van der Waals surface area contributed by atoms with Gasteiger partial charge >= 0.3 is 12.0 Å². The van der Waals surface area contributed by atoms with Gasteiger partial charge in [-0.15, -0.1) is 11.3 Å². The van der Waals surface area contributed by atoms with E-state index in [2.05, 4.69) is 10.3 Å². The number of carbonyl (C=O) groups is 2. The third-order valence-electron chi connectivity index (χ3n) is 2.99. The molecule has 19 heavy (non-hydrogen) atoms. The number of aliphatic hydroxyl groups is 1. The third-order valence-corrected chi connectivity index (χ3v) is 3.95. The lowest BCUT2D eigenvalue weighted by molar-refractivity contribution is -0.141. The van der Waals surface area contributed by atoms with E-state index in [1.165, 1.54) is 11.3 Å². The predicted molar refractivity (Wildman–Crippen MR) is 67.8 cm³/mol. The minimum atomic E-state index is -1.10. The highest BCUT2D eigenvalue weighted by Gasteiger charge is 2.39. The fraction of sp³-hybridized carbons (Fsp3) is 0.545. The predicted octanol–water partition coefficient (Wildman–Crippen LogP) is 0.433. The molecule has 0 aromatic carbocycles. The summed E-state index contributed by atoms with van der Waals surface area (Å²) in [5.41, 5.74) is 0. The van der Waals surface area contributed by atoms with Crippen LogP contribution in [0.5, 0.6) is 0 Å². The number of amides is 2. The first-order chi connectivity index (χ1) is 8.99. The molecule has 1 saturated heterocycles. The summed E-state index contributed by atoms with van der Waals surface area (Å²) in [4.78, 5) is 28.3. The second kappa shape index (κ2) is 5.54. The summed E-state index contributed by atoms with van der Waals surface area (Å²) < 4.78 is 0. The first kappa shape index (κ1) is 13.8. The fourth-order valence-corrected chi connectivity index (χ4v) is 2.70. The number of aliphatic carboxylic acids is 1. The van der Waals surface area contributed by atoms with Crippen molar-refractivity contribution in [2.24, 2.45) is 0 Å². The summed E-state index contributed by atoms with van der Waals surface area (Å²) >= 11 is 1.41. The van der Waals surface area contributed by atoms with Gasteiger partial charge in [0.15, 0.2) is 0 Å². The number of carboxylic acid groups (broad SMARTS) is 1. The monoisotopic (exact) mass is 285 g/mol. The van der Waals surface area contributed by atoms with Gasteiger partial charge in [-0.25, -0.2) is 14.6 Å². The molecule has 0 aliphatic carbocycles. The Kier molecular flexibility index (Phi) is 4.01. The SMILES string of the molecule is CC(NC(=O)N1C[C@@H](O)C[C@H]1C(=O)O)c1nccs1. The maximum Gasteiger partial charge on any atom is 0.326 e. The number of thiazole rings is 1. The van der Waals surface area contributed by atoms with Crippen molar-refractivity contribution in [2.45, 2.75) is 31.5 Å². The second-order valence-corrected chi connectivity index (χ2v) is 5.36. The average Bonchev–Trinajstić information content (AvgIpc) is 2.96. The van der Waals surface area contributed by atoms with Gasteiger partial charge in [-0.3, -0.25) is 0 Å². The maximum atomic E-state index is 12.0. The van der Waals surface area contributed by atoms with Crippen LogP contribution in [0.4, 0.5) is 4.79 Å². The van der Waals surface area contributed by atoms with Crippen molar-refractivity contribution in [3.63, 3.8) is 0 Å². The van der Waals surface area contributed by atoms with E-state index in [-0.39, 0.29) is 19.0 Å². The van der Waals surface area contributed by atoms with Crippen LogP contribution in [0.15, 0.2) is 11.6 Å². The second-order valence-electron chi connectivity index (χ2n) is 4.44. The number of hydrogen-bond acceptors (Lipinski definition) is 5. The molecular formula is C11H15N3O4S. The molecule has 0 bridgehead atoms. The molecule has 104 valence electrons. The van der Waals surface area contributed by atoms with Crippen LogP contribution in [-0.2, 0) is 4.79 Å². The zero-order valence-electron chi connectivity index (χ0n) is 10.3. The zero-order chi connectivity index (χ0) is 14.0. The van der Waals surface area contributed by atoms with Crippen LogP contribution in [0.1, 0.15) is 24.4 Å². The molecule has 1 aliphatic rings. The Hall–Kier alpha value is -1.67. The standard InChI is InChI=1S/C11H15N3O4S/c1-6(9-12-2-3-19-9)13-11(18)14-5-7(15)4-8(14)10(16)17/h2-3,6-8,15H,4-5H2,1H3,(H,13,18)(H,16,17)/t6?,7-,8-/m0/s1. The molecule has 1 unspecified atom stereocenters. The van der Waals surface area contributed by atoms with E-state index in [4.69, 9.17) is 5.11 Å². The summed E-state index contributed by atoms with van der Waals surface area (Å²) in [7, 11) is 0. The van der Waals surface area contributed by atoms with Crippen LogP contribution >= 0.6 is 11.3 Å². The zero-order valence-corrected chi connectivity index (χ0v) is 11.1. The molecule has 3 N–H and O–H groups in total. The van der Waals surface area contributed by atoms with Crippen molar-refractivity contribution in [3.05, 3.63) is 16.6 Å². The van der Waals surface area contributed by atoms with Gasteiger partial charge in [-0.1, -0.05) is 0 Å². The Morgan fingerprint density at radius 3 is 2.95 bits per heavy atom. The van der Waals surface area contributed by atoms with E-state index in [1.54, 1.807) is 18.5 Å². The Balaban J connectivity index is 2.01. The van der Waals surface area contributed by atoms with E-state index in [1.807, 2.05) is 0 Å². The lowest BCUT2D eigenvalue weighted by Gasteiger charge is -2.23. The largest absolute Gasteiger partial charge is 0.480 e. The van der Waals surface area contributed by atoms with E-state index in [9.17, 15) is 14.7 Å². The number of aliphatic hydroxyl groups excluding tert-OH is 1. The Morgan fingerprint density at radius 1 is 1.63 bits per heavy atom. The van der Waals surface area contributed by atoms with Crippen LogP contribution in [0, 0.1) is 0 Å². The van der Waals surface area contributed by atoms with E-state index < -0.39 is 24.1 Å². The van der Waals surface area contributed by atoms with E-state index in [0.29, 0.717) is 0 Å². The van der Waals surface area contributed by atoms with E-state index in [0.717, 1.165) is 9.91 Å². The first-order valence-electron chi connectivity index (χ1n) is 5.86. The minimum absolute atomic E-state index is 0.0351.